The molecule has 1 fully saturated rings. The number of halogens is 2. The van der Waals surface area contributed by atoms with Crippen LogP contribution in [-0.4, -0.2) is 31.6 Å². The summed E-state index contributed by atoms with van der Waals surface area (Å²) in [7, 11) is 1.50. The molecule has 4 amide bonds. The molecule has 1 heterocycles. The van der Waals surface area contributed by atoms with E-state index in [-0.39, 0.29) is 5.57 Å². The Balaban J connectivity index is 1.57. The van der Waals surface area contributed by atoms with Crippen LogP contribution in [0.2, 0.25) is 0 Å². The quantitative estimate of drug-likeness (QED) is 0.149. The lowest BCUT2D eigenvalue weighted by molar-refractivity contribution is -0.122. The Morgan fingerprint density at radius 3 is 2.33 bits per heavy atom. The Kier molecular flexibility index (Phi) is 9.42. The molecule has 1 aliphatic rings. The molecule has 0 atom stereocenters. The number of barbiturate groups is 1. The van der Waals surface area contributed by atoms with Gasteiger partial charge in [-0.2, -0.15) is 0 Å². The van der Waals surface area contributed by atoms with Crippen LogP contribution in [0.1, 0.15) is 30.9 Å². The lowest BCUT2D eigenvalue weighted by atomic mass is 10.1. The standard InChI is InChI=1S/C29H26Br2N2O6/c1-3-4-13-38-22-11-9-21(10-12-22)33-28(35)23(27(34)32-29(33)36)14-19-15-24(31)26(25(16-19)37-2)39-17-18-5-7-20(30)8-6-18/h5-12,14-16H,3-4,13,17H2,1-2H3,(H,32,34,36)/b23-14-. The van der Waals surface area contributed by atoms with Gasteiger partial charge in [0.2, 0.25) is 0 Å². The fraction of sp³-hybridized carbons (Fsp3) is 0.207. The molecule has 39 heavy (non-hydrogen) atoms. The van der Waals surface area contributed by atoms with Crippen LogP contribution in [-0.2, 0) is 16.2 Å². The number of nitrogens with one attached hydrogen (secondary N) is 1. The molecular weight excluding hydrogens is 632 g/mol. The number of unbranched alkanes of at least 4 members (excludes halogenated alkanes) is 1. The average molecular weight is 658 g/mol. The molecule has 1 saturated heterocycles. The molecule has 1 aliphatic heterocycles. The molecule has 10 heteroatoms. The van der Waals surface area contributed by atoms with Crippen molar-refractivity contribution in [1.29, 1.82) is 0 Å². The first-order valence-electron chi connectivity index (χ1n) is 12.2. The number of hydrogen-bond donors (Lipinski definition) is 1. The van der Waals surface area contributed by atoms with Gasteiger partial charge in [0, 0.05) is 4.47 Å². The third-order valence-corrected chi connectivity index (χ3v) is 6.94. The molecule has 0 saturated carbocycles. The van der Waals surface area contributed by atoms with Gasteiger partial charge in [0.1, 0.15) is 17.9 Å². The van der Waals surface area contributed by atoms with Crippen LogP contribution in [0.15, 0.2) is 75.2 Å². The number of methoxy groups -OCH3 is 1. The third kappa shape index (κ3) is 6.88. The smallest absolute Gasteiger partial charge is 0.335 e. The van der Waals surface area contributed by atoms with E-state index < -0.39 is 17.8 Å². The minimum absolute atomic E-state index is 0.199. The Labute approximate surface area is 243 Å². The van der Waals surface area contributed by atoms with Crippen LogP contribution in [0.4, 0.5) is 10.5 Å². The van der Waals surface area contributed by atoms with Crippen LogP contribution >= 0.6 is 31.9 Å². The summed E-state index contributed by atoms with van der Waals surface area (Å²) in [6.07, 6.45) is 3.34. The molecule has 4 rings (SSSR count). The second-order valence-electron chi connectivity index (χ2n) is 8.60. The van der Waals surface area contributed by atoms with Crippen molar-refractivity contribution in [2.45, 2.75) is 26.4 Å². The molecule has 202 valence electrons. The van der Waals surface area contributed by atoms with Crippen molar-refractivity contribution < 1.29 is 28.6 Å². The number of amides is 4. The number of carbonyl (C=O) groups is 3. The SMILES string of the molecule is CCCCOc1ccc(N2C(=O)NC(=O)/C(=C/c3cc(Br)c(OCc4ccc(Br)cc4)c(OC)c3)C2=O)cc1. The molecule has 0 spiro atoms. The largest absolute Gasteiger partial charge is 0.494 e. The summed E-state index contributed by atoms with van der Waals surface area (Å²) in [5.74, 6) is -0.0209. The number of hydrogen-bond acceptors (Lipinski definition) is 6. The highest BCUT2D eigenvalue weighted by molar-refractivity contribution is 9.10. The van der Waals surface area contributed by atoms with Crippen LogP contribution in [0.3, 0.4) is 0 Å². The summed E-state index contributed by atoms with van der Waals surface area (Å²) < 4.78 is 18.7. The Morgan fingerprint density at radius 1 is 0.949 bits per heavy atom. The first kappa shape index (κ1) is 28.4. The Bertz CT molecular complexity index is 1400. The van der Waals surface area contributed by atoms with E-state index in [1.807, 2.05) is 24.3 Å². The summed E-state index contributed by atoms with van der Waals surface area (Å²) in [6, 6.07) is 16.8. The minimum Gasteiger partial charge on any atom is -0.494 e. The summed E-state index contributed by atoms with van der Waals surface area (Å²) >= 11 is 6.92. The van der Waals surface area contributed by atoms with E-state index in [2.05, 4.69) is 44.1 Å². The van der Waals surface area contributed by atoms with Gasteiger partial charge in [-0.15, -0.1) is 0 Å². The zero-order chi connectivity index (χ0) is 27.9. The second kappa shape index (κ2) is 12.9. The van der Waals surface area contributed by atoms with Gasteiger partial charge < -0.3 is 14.2 Å². The molecule has 0 aliphatic carbocycles. The van der Waals surface area contributed by atoms with Crippen molar-refractivity contribution in [1.82, 2.24) is 5.32 Å². The van der Waals surface area contributed by atoms with Crippen molar-refractivity contribution in [3.05, 3.63) is 86.3 Å². The van der Waals surface area contributed by atoms with E-state index in [0.717, 1.165) is 27.8 Å². The number of anilines is 1. The second-order valence-corrected chi connectivity index (χ2v) is 10.4. The molecule has 1 N–H and O–H groups in total. The lowest BCUT2D eigenvalue weighted by Gasteiger charge is -2.26. The highest BCUT2D eigenvalue weighted by atomic mass is 79.9. The predicted molar refractivity (Wildman–Crippen MR) is 155 cm³/mol. The maximum absolute atomic E-state index is 13.3. The Hall–Kier alpha value is -3.63. The Morgan fingerprint density at radius 2 is 1.67 bits per heavy atom. The van der Waals surface area contributed by atoms with Gasteiger partial charge in [0.25, 0.3) is 11.8 Å². The summed E-state index contributed by atoms with van der Waals surface area (Å²) in [6.45, 7) is 2.96. The minimum atomic E-state index is -0.822. The van der Waals surface area contributed by atoms with Crippen LogP contribution in [0.25, 0.3) is 6.08 Å². The number of nitrogens with zero attached hydrogens (tertiary/aromatic N) is 1. The molecule has 3 aromatic rings. The third-order valence-electron chi connectivity index (χ3n) is 5.82. The van der Waals surface area contributed by atoms with Crippen molar-refractivity contribution >= 4 is 61.5 Å². The van der Waals surface area contributed by atoms with Gasteiger partial charge >= 0.3 is 6.03 Å². The number of ether oxygens (including phenoxy) is 3. The van der Waals surface area contributed by atoms with Gasteiger partial charge in [-0.1, -0.05) is 41.4 Å². The lowest BCUT2D eigenvalue weighted by Crippen LogP contribution is -2.54. The molecular formula is C29H26Br2N2O6. The van der Waals surface area contributed by atoms with Crippen molar-refractivity contribution in [2.24, 2.45) is 0 Å². The fourth-order valence-corrected chi connectivity index (χ4v) is 4.62. The molecule has 0 radical (unpaired) electrons. The highest BCUT2D eigenvalue weighted by Gasteiger charge is 2.37. The summed E-state index contributed by atoms with van der Waals surface area (Å²) in [4.78, 5) is 39.5. The van der Waals surface area contributed by atoms with E-state index >= 15 is 0 Å². The van der Waals surface area contributed by atoms with E-state index in [1.165, 1.54) is 13.2 Å². The van der Waals surface area contributed by atoms with Crippen molar-refractivity contribution in [3.63, 3.8) is 0 Å². The molecule has 8 nitrogen and oxygen atoms in total. The number of carbonyl (C=O) groups excluding carboxylic acids is 3. The van der Waals surface area contributed by atoms with E-state index in [1.54, 1.807) is 36.4 Å². The number of imide groups is 2. The van der Waals surface area contributed by atoms with Gasteiger partial charge in [-0.05, 0) is 88.1 Å². The van der Waals surface area contributed by atoms with Crippen LogP contribution < -0.4 is 24.4 Å². The zero-order valence-electron chi connectivity index (χ0n) is 21.3. The highest BCUT2D eigenvalue weighted by Crippen LogP contribution is 2.38. The van der Waals surface area contributed by atoms with Crippen LogP contribution in [0, 0.1) is 0 Å². The summed E-state index contributed by atoms with van der Waals surface area (Å²) in [5.41, 5.74) is 1.58. The molecule has 0 bridgehead atoms. The number of rotatable bonds is 10. The van der Waals surface area contributed by atoms with Gasteiger partial charge in [-0.3, -0.25) is 14.9 Å². The first-order valence-corrected chi connectivity index (χ1v) is 13.8. The van der Waals surface area contributed by atoms with Gasteiger partial charge in [0.05, 0.1) is 23.9 Å². The van der Waals surface area contributed by atoms with E-state index in [4.69, 9.17) is 14.2 Å². The monoisotopic (exact) mass is 656 g/mol. The predicted octanol–water partition coefficient (Wildman–Crippen LogP) is 6.64. The van der Waals surface area contributed by atoms with Gasteiger partial charge in [0.15, 0.2) is 11.5 Å². The van der Waals surface area contributed by atoms with E-state index in [0.29, 0.717) is 46.2 Å². The topological polar surface area (TPSA) is 94.2 Å². The summed E-state index contributed by atoms with van der Waals surface area (Å²) in [5, 5.41) is 2.24. The van der Waals surface area contributed by atoms with Gasteiger partial charge in [-0.25, -0.2) is 9.69 Å². The molecule has 0 aromatic heterocycles. The zero-order valence-corrected chi connectivity index (χ0v) is 24.5. The normalized spacial score (nSPS) is 14.4. The maximum Gasteiger partial charge on any atom is 0.335 e. The number of urea groups is 1. The van der Waals surface area contributed by atoms with E-state index in [9.17, 15) is 14.4 Å². The number of benzene rings is 3. The average Bonchev–Trinajstić information content (AvgIpc) is 2.92. The van der Waals surface area contributed by atoms with Crippen molar-refractivity contribution in [3.8, 4) is 17.2 Å². The van der Waals surface area contributed by atoms with Crippen LogP contribution in [0.5, 0.6) is 17.2 Å². The fourth-order valence-electron chi connectivity index (χ4n) is 3.78. The molecule has 3 aromatic carbocycles. The first-order chi connectivity index (χ1) is 18.8. The van der Waals surface area contributed by atoms with Crippen molar-refractivity contribution in [2.75, 3.05) is 18.6 Å². The molecule has 0 unspecified atom stereocenters. The maximum atomic E-state index is 13.3.